The topological polar surface area (TPSA) is 80.9 Å². The molecule has 0 unspecified atom stereocenters. The fraction of sp³-hybridized carbons (Fsp3) is 0.0833. The SMILES string of the molecule is Oc1ccc(Cc2ccc(O)c3c(O)ccc(Cc4ccc(O)cc4)c23)cc1. The number of aromatic hydroxyl groups is 4. The molecule has 4 heteroatoms. The van der Waals surface area contributed by atoms with Crippen molar-refractivity contribution in [2.24, 2.45) is 0 Å². The lowest BCUT2D eigenvalue weighted by Gasteiger charge is -2.15. The second-order valence-corrected chi connectivity index (χ2v) is 6.92. The van der Waals surface area contributed by atoms with Gasteiger partial charge in [0.2, 0.25) is 0 Å². The molecular weight excluding hydrogens is 352 g/mol. The van der Waals surface area contributed by atoms with Gasteiger partial charge in [-0.1, -0.05) is 36.4 Å². The van der Waals surface area contributed by atoms with Crippen molar-refractivity contribution in [2.75, 3.05) is 0 Å². The highest BCUT2D eigenvalue weighted by Gasteiger charge is 2.15. The molecule has 0 spiro atoms. The Morgan fingerprint density at radius 1 is 0.429 bits per heavy atom. The fourth-order valence-electron chi connectivity index (χ4n) is 3.57. The van der Waals surface area contributed by atoms with Crippen molar-refractivity contribution in [3.63, 3.8) is 0 Å². The second kappa shape index (κ2) is 7.16. The Balaban J connectivity index is 1.84. The zero-order chi connectivity index (χ0) is 19.7. The molecule has 0 aliphatic heterocycles. The van der Waals surface area contributed by atoms with Gasteiger partial charge in [-0.3, -0.25) is 0 Å². The molecular formula is C24H20O4. The van der Waals surface area contributed by atoms with Crippen LogP contribution in [0.3, 0.4) is 0 Å². The third-order valence-corrected chi connectivity index (χ3v) is 4.95. The van der Waals surface area contributed by atoms with Gasteiger partial charge in [0.25, 0.3) is 0 Å². The lowest BCUT2D eigenvalue weighted by atomic mass is 9.91. The molecule has 0 atom stereocenters. The third-order valence-electron chi connectivity index (χ3n) is 4.95. The van der Waals surface area contributed by atoms with Crippen molar-refractivity contribution in [3.8, 4) is 23.0 Å². The third kappa shape index (κ3) is 3.45. The maximum atomic E-state index is 10.4. The van der Waals surface area contributed by atoms with Gasteiger partial charge in [-0.2, -0.15) is 0 Å². The molecule has 0 aliphatic carbocycles. The molecule has 4 aromatic rings. The lowest BCUT2D eigenvalue weighted by Crippen LogP contribution is -1.96. The van der Waals surface area contributed by atoms with Gasteiger partial charge in [0.05, 0.1) is 5.39 Å². The summed E-state index contributed by atoms with van der Waals surface area (Å²) in [5.41, 5.74) is 3.98. The highest BCUT2D eigenvalue weighted by atomic mass is 16.3. The monoisotopic (exact) mass is 372 g/mol. The first-order valence-electron chi connectivity index (χ1n) is 9.02. The zero-order valence-electron chi connectivity index (χ0n) is 15.1. The molecule has 0 aliphatic rings. The van der Waals surface area contributed by atoms with Crippen LogP contribution >= 0.6 is 0 Å². The van der Waals surface area contributed by atoms with Crippen LogP contribution in [0.4, 0.5) is 0 Å². The summed E-state index contributed by atoms with van der Waals surface area (Å²) >= 11 is 0. The maximum absolute atomic E-state index is 10.4. The largest absolute Gasteiger partial charge is 0.508 e. The van der Waals surface area contributed by atoms with Crippen LogP contribution in [-0.4, -0.2) is 20.4 Å². The molecule has 28 heavy (non-hydrogen) atoms. The summed E-state index contributed by atoms with van der Waals surface area (Å²) in [6.07, 6.45) is 1.20. The molecule has 0 saturated carbocycles. The van der Waals surface area contributed by atoms with E-state index in [4.69, 9.17) is 0 Å². The minimum atomic E-state index is 0.0366. The van der Waals surface area contributed by atoms with Gasteiger partial charge in [-0.15, -0.1) is 0 Å². The molecule has 0 heterocycles. The predicted octanol–water partition coefficient (Wildman–Crippen LogP) is 4.84. The van der Waals surface area contributed by atoms with Crippen LogP contribution in [0.5, 0.6) is 23.0 Å². The summed E-state index contributed by atoms with van der Waals surface area (Å²) in [4.78, 5) is 0. The van der Waals surface area contributed by atoms with Crippen molar-refractivity contribution in [1.29, 1.82) is 0 Å². The minimum absolute atomic E-state index is 0.0366. The van der Waals surface area contributed by atoms with Crippen LogP contribution in [0.1, 0.15) is 22.3 Å². The molecule has 4 rings (SSSR count). The van der Waals surface area contributed by atoms with E-state index in [9.17, 15) is 20.4 Å². The fourth-order valence-corrected chi connectivity index (χ4v) is 3.57. The Labute approximate surface area is 162 Å². The van der Waals surface area contributed by atoms with E-state index < -0.39 is 0 Å². The number of benzene rings is 4. The number of phenolic OH excluding ortho intramolecular Hbond substituents is 4. The average molecular weight is 372 g/mol. The summed E-state index contributed by atoms with van der Waals surface area (Å²) < 4.78 is 0. The quantitative estimate of drug-likeness (QED) is 0.413. The highest BCUT2D eigenvalue weighted by Crippen LogP contribution is 2.38. The van der Waals surface area contributed by atoms with E-state index in [-0.39, 0.29) is 23.0 Å². The van der Waals surface area contributed by atoms with E-state index >= 15 is 0 Å². The van der Waals surface area contributed by atoms with Crippen LogP contribution in [0.15, 0.2) is 72.8 Å². The minimum Gasteiger partial charge on any atom is -0.508 e. The number of hydrogen-bond donors (Lipinski definition) is 4. The summed E-state index contributed by atoms with van der Waals surface area (Å²) in [5, 5.41) is 41.0. The van der Waals surface area contributed by atoms with E-state index in [2.05, 4.69) is 0 Å². The lowest BCUT2D eigenvalue weighted by molar-refractivity contribution is 0.463. The highest BCUT2D eigenvalue weighted by molar-refractivity contribution is 5.98. The van der Waals surface area contributed by atoms with Gasteiger partial charge < -0.3 is 20.4 Å². The summed E-state index contributed by atoms with van der Waals surface area (Å²) in [5.74, 6) is 0.499. The molecule has 0 amide bonds. The summed E-state index contributed by atoms with van der Waals surface area (Å²) in [6, 6.07) is 20.9. The van der Waals surface area contributed by atoms with Gasteiger partial charge in [0.15, 0.2) is 0 Å². The van der Waals surface area contributed by atoms with Gasteiger partial charge in [-0.25, -0.2) is 0 Å². The standard InChI is InChI=1S/C24H20O4/c25-19-7-1-15(2-8-19)13-17-5-11-21(27)24-22(28)12-6-18(23(17)24)14-16-3-9-20(26)10-4-16/h1-12,25-28H,13-14H2. The molecule has 4 aromatic carbocycles. The van der Waals surface area contributed by atoms with Crippen LogP contribution < -0.4 is 0 Å². The van der Waals surface area contributed by atoms with E-state index in [1.807, 2.05) is 36.4 Å². The van der Waals surface area contributed by atoms with E-state index in [1.165, 1.54) is 0 Å². The van der Waals surface area contributed by atoms with Gasteiger partial charge in [0, 0.05) is 0 Å². The maximum Gasteiger partial charge on any atom is 0.127 e. The molecule has 0 radical (unpaired) electrons. The molecule has 0 saturated heterocycles. The first kappa shape index (κ1) is 17.7. The van der Waals surface area contributed by atoms with Crippen LogP contribution in [0, 0.1) is 0 Å². The number of hydrogen-bond acceptors (Lipinski definition) is 4. The van der Waals surface area contributed by atoms with Crippen molar-refractivity contribution < 1.29 is 20.4 Å². The van der Waals surface area contributed by atoms with Crippen molar-refractivity contribution in [3.05, 3.63) is 95.1 Å². The Hall–Kier alpha value is -3.66. The number of rotatable bonds is 4. The van der Waals surface area contributed by atoms with Crippen LogP contribution in [0.2, 0.25) is 0 Å². The van der Waals surface area contributed by atoms with Crippen LogP contribution in [0.25, 0.3) is 10.8 Å². The zero-order valence-corrected chi connectivity index (χ0v) is 15.1. The van der Waals surface area contributed by atoms with E-state index in [1.54, 1.807) is 36.4 Å². The Bertz CT molecular complexity index is 1040. The van der Waals surface area contributed by atoms with Gasteiger partial charge >= 0.3 is 0 Å². The first-order valence-corrected chi connectivity index (χ1v) is 9.02. The molecule has 0 aromatic heterocycles. The Morgan fingerprint density at radius 2 is 0.821 bits per heavy atom. The second-order valence-electron chi connectivity index (χ2n) is 6.92. The van der Waals surface area contributed by atoms with Gasteiger partial charge in [-0.05, 0) is 76.9 Å². The molecule has 4 N–H and O–H groups in total. The average Bonchev–Trinajstić information content (AvgIpc) is 2.69. The van der Waals surface area contributed by atoms with Crippen molar-refractivity contribution in [2.45, 2.75) is 12.8 Å². The molecule has 4 nitrogen and oxygen atoms in total. The van der Waals surface area contributed by atoms with E-state index in [0.29, 0.717) is 18.2 Å². The molecule has 140 valence electrons. The summed E-state index contributed by atoms with van der Waals surface area (Å²) in [7, 11) is 0. The predicted molar refractivity (Wildman–Crippen MR) is 109 cm³/mol. The van der Waals surface area contributed by atoms with E-state index in [0.717, 1.165) is 27.6 Å². The smallest absolute Gasteiger partial charge is 0.127 e. The number of phenols is 4. The first-order chi connectivity index (χ1) is 13.5. The Morgan fingerprint density at radius 3 is 1.21 bits per heavy atom. The van der Waals surface area contributed by atoms with Crippen LogP contribution in [-0.2, 0) is 12.8 Å². The molecule has 0 fully saturated rings. The van der Waals surface area contributed by atoms with Crippen molar-refractivity contribution in [1.82, 2.24) is 0 Å². The Kier molecular flexibility index (Phi) is 4.53. The van der Waals surface area contributed by atoms with Gasteiger partial charge in [0.1, 0.15) is 23.0 Å². The number of fused-ring (bicyclic) bond motifs is 1. The van der Waals surface area contributed by atoms with Crippen molar-refractivity contribution >= 4 is 10.8 Å². The summed E-state index contributed by atoms with van der Waals surface area (Å²) in [6.45, 7) is 0. The normalized spacial score (nSPS) is 11.0. The molecule has 0 bridgehead atoms.